The molecular formula is C19H27BrFNO3S. The molecule has 1 aromatic carbocycles. The molecule has 1 amide bonds. The van der Waals surface area contributed by atoms with Crippen molar-refractivity contribution in [3.63, 3.8) is 0 Å². The number of halogens is 2. The molecule has 26 heavy (non-hydrogen) atoms. The van der Waals surface area contributed by atoms with Crippen LogP contribution in [0.4, 0.5) is 10.1 Å². The molecule has 1 atom stereocenters. The summed E-state index contributed by atoms with van der Waals surface area (Å²) >= 11 is 4.63. The minimum absolute atomic E-state index is 0.0144. The van der Waals surface area contributed by atoms with Crippen molar-refractivity contribution in [2.24, 2.45) is 11.8 Å². The molecule has 0 bridgehead atoms. The van der Waals surface area contributed by atoms with Crippen molar-refractivity contribution < 1.29 is 18.7 Å². The van der Waals surface area contributed by atoms with E-state index in [0.717, 1.165) is 0 Å². The fraction of sp³-hybridized carbons (Fsp3) is 0.579. The van der Waals surface area contributed by atoms with E-state index in [4.69, 9.17) is 4.74 Å². The van der Waals surface area contributed by atoms with Gasteiger partial charge in [-0.15, -0.1) is 11.8 Å². The molecule has 146 valence electrons. The van der Waals surface area contributed by atoms with Gasteiger partial charge >= 0.3 is 5.97 Å². The number of ether oxygens (including phenoxy) is 1. The Morgan fingerprint density at radius 1 is 1.19 bits per heavy atom. The van der Waals surface area contributed by atoms with E-state index in [-0.39, 0.29) is 29.4 Å². The molecular weight excluding hydrogens is 421 g/mol. The van der Waals surface area contributed by atoms with Gasteiger partial charge in [0.1, 0.15) is 16.7 Å². The highest BCUT2D eigenvalue weighted by atomic mass is 79.9. The topological polar surface area (TPSA) is 55.4 Å². The average molecular weight is 448 g/mol. The normalized spacial score (nSPS) is 13.0. The molecule has 0 saturated heterocycles. The molecule has 1 aromatic rings. The molecule has 7 heteroatoms. The minimum atomic E-state index is -0.582. The molecule has 1 N–H and O–H groups in total. The Labute approximate surface area is 167 Å². The van der Waals surface area contributed by atoms with Crippen LogP contribution >= 0.6 is 27.7 Å². The second kappa shape index (κ2) is 9.22. The Hall–Kier alpha value is -1.08. The SMILES string of the molecule is CC(C)C(=O)Nc1cc(SC(C(=O)OC(C)(C)C)C(C)C)c(Br)cc1F. The zero-order chi connectivity index (χ0) is 20.2. The lowest BCUT2D eigenvalue weighted by atomic mass is 10.1. The number of carbonyl (C=O) groups is 2. The highest BCUT2D eigenvalue weighted by Gasteiger charge is 2.29. The van der Waals surface area contributed by atoms with E-state index in [1.54, 1.807) is 19.9 Å². The maximum Gasteiger partial charge on any atom is 0.320 e. The Bertz CT molecular complexity index is 671. The average Bonchev–Trinajstić information content (AvgIpc) is 2.46. The number of carbonyl (C=O) groups excluding carboxylic acids is 2. The maximum atomic E-state index is 14.2. The number of hydrogen-bond acceptors (Lipinski definition) is 4. The minimum Gasteiger partial charge on any atom is -0.459 e. The van der Waals surface area contributed by atoms with Crippen molar-refractivity contribution >= 4 is 45.3 Å². The Balaban J connectivity index is 3.12. The van der Waals surface area contributed by atoms with Crippen molar-refractivity contribution in [2.75, 3.05) is 5.32 Å². The zero-order valence-electron chi connectivity index (χ0n) is 16.3. The first-order valence-corrected chi connectivity index (χ1v) is 10.2. The molecule has 0 aliphatic heterocycles. The number of benzene rings is 1. The van der Waals surface area contributed by atoms with Crippen molar-refractivity contribution in [3.8, 4) is 0 Å². The lowest BCUT2D eigenvalue weighted by Crippen LogP contribution is -2.33. The second-order valence-corrected chi connectivity index (χ2v) is 9.76. The fourth-order valence-corrected chi connectivity index (χ4v) is 3.59. The standard InChI is InChI=1S/C19H27BrFNO3S/c1-10(2)16(18(24)25-19(5,6)7)26-15-9-14(13(21)8-12(15)20)22-17(23)11(3)4/h8-11,16H,1-7H3,(H,22,23). The second-order valence-electron chi connectivity index (χ2n) is 7.72. The highest BCUT2D eigenvalue weighted by molar-refractivity contribution is 9.10. The third-order valence-corrected chi connectivity index (χ3v) is 5.80. The van der Waals surface area contributed by atoms with Gasteiger partial charge in [0, 0.05) is 15.3 Å². The molecule has 4 nitrogen and oxygen atoms in total. The van der Waals surface area contributed by atoms with Gasteiger partial charge in [-0.1, -0.05) is 27.7 Å². The largest absolute Gasteiger partial charge is 0.459 e. The van der Waals surface area contributed by atoms with Gasteiger partial charge in [0.25, 0.3) is 0 Å². The van der Waals surface area contributed by atoms with E-state index in [1.807, 2.05) is 34.6 Å². The van der Waals surface area contributed by atoms with Crippen LogP contribution in [-0.2, 0) is 14.3 Å². The van der Waals surface area contributed by atoms with Gasteiger partial charge < -0.3 is 10.1 Å². The van der Waals surface area contributed by atoms with E-state index in [0.29, 0.717) is 9.37 Å². The molecule has 1 unspecified atom stereocenters. The van der Waals surface area contributed by atoms with Gasteiger partial charge in [-0.05, 0) is 54.8 Å². The number of nitrogens with one attached hydrogen (secondary N) is 1. The van der Waals surface area contributed by atoms with Crippen molar-refractivity contribution in [1.82, 2.24) is 0 Å². The summed E-state index contributed by atoms with van der Waals surface area (Å²) in [6, 6.07) is 2.84. The number of rotatable bonds is 6. The predicted octanol–water partition coefficient (Wildman–Crippen LogP) is 5.64. The van der Waals surface area contributed by atoms with Crippen molar-refractivity contribution in [2.45, 2.75) is 64.2 Å². The first-order valence-electron chi connectivity index (χ1n) is 8.51. The van der Waals surface area contributed by atoms with E-state index >= 15 is 0 Å². The van der Waals surface area contributed by atoms with E-state index in [9.17, 15) is 14.0 Å². The smallest absolute Gasteiger partial charge is 0.320 e. The monoisotopic (exact) mass is 447 g/mol. The molecule has 0 aromatic heterocycles. The van der Waals surface area contributed by atoms with E-state index < -0.39 is 16.7 Å². The van der Waals surface area contributed by atoms with Gasteiger partial charge in [0.2, 0.25) is 5.91 Å². The molecule has 0 aliphatic carbocycles. The summed E-state index contributed by atoms with van der Waals surface area (Å²) in [4.78, 5) is 25.1. The molecule has 0 fully saturated rings. The number of thioether (sulfide) groups is 1. The van der Waals surface area contributed by atoms with Gasteiger partial charge in [-0.25, -0.2) is 4.39 Å². The summed E-state index contributed by atoms with van der Waals surface area (Å²) in [5.74, 6) is -1.37. The van der Waals surface area contributed by atoms with Gasteiger partial charge in [0.05, 0.1) is 5.69 Å². The number of amides is 1. The zero-order valence-corrected chi connectivity index (χ0v) is 18.7. The number of hydrogen-bond donors (Lipinski definition) is 1. The highest BCUT2D eigenvalue weighted by Crippen LogP contribution is 2.37. The van der Waals surface area contributed by atoms with Crippen LogP contribution in [0.15, 0.2) is 21.5 Å². The predicted molar refractivity (Wildman–Crippen MR) is 108 cm³/mol. The third kappa shape index (κ3) is 6.91. The summed E-state index contributed by atoms with van der Waals surface area (Å²) in [5, 5.41) is 2.13. The van der Waals surface area contributed by atoms with Crippen molar-refractivity contribution in [3.05, 3.63) is 22.4 Å². The summed E-state index contributed by atoms with van der Waals surface area (Å²) < 4.78 is 20.2. The Morgan fingerprint density at radius 3 is 2.23 bits per heavy atom. The fourth-order valence-electron chi connectivity index (χ4n) is 1.95. The van der Waals surface area contributed by atoms with Crippen LogP contribution in [0.2, 0.25) is 0 Å². The van der Waals surface area contributed by atoms with Crippen LogP contribution in [0.25, 0.3) is 0 Å². The molecule has 0 radical (unpaired) electrons. The van der Waals surface area contributed by atoms with Crippen LogP contribution in [0.1, 0.15) is 48.5 Å². The quantitative estimate of drug-likeness (QED) is 0.452. The lowest BCUT2D eigenvalue weighted by Gasteiger charge is -2.26. The number of anilines is 1. The first-order chi connectivity index (χ1) is 11.8. The molecule has 1 rings (SSSR count). The molecule has 0 spiro atoms. The Kier molecular flexibility index (Phi) is 8.14. The van der Waals surface area contributed by atoms with Crippen LogP contribution in [0.5, 0.6) is 0 Å². The van der Waals surface area contributed by atoms with Crippen LogP contribution < -0.4 is 5.32 Å². The lowest BCUT2D eigenvalue weighted by molar-refractivity contribution is -0.154. The van der Waals surface area contributed by atoms with Crippen LogP contribution in [-0.4, -0.2) is 22.7 Å². The van der Waals surface area contributed by atoms with E-state index in [2.05, 4.69) is 21.2 Å². The molecule has 0 heterocycles. The number of esters is 1. The van der Waals surface area contributed by atoms with Crippen molar-refractivity contribution in [1.29, 1.82) is 0 Å². The Morgan fingerprint density at radius 2 is 1.77 bits per heavy atom. The molecule has 0 aliphatic rings. The first kappa shape index (κ1) is 23.0. The maximum absolute atomic E-state index is 14.2. The summed E-state index contributed by atoms with van der Waals surface area (Å²) in [5.41, 5.74) is -0.484. The van der Waals surface area contributed by atoms with Crippen LogP contribution in [0.3, 0.4) is 0 Å². The molecule has 0 saturated carbocycles. The van der Waals surface area contributed by atoms with Gasteiger partial charge in [-0.2, -0.15) is 0 Å². The van der Waals surface area contributed by atoms with Crippen LogP contribution in [0, 0.1) is 17.7 Å². The third-order valence-electron chi connectivity index (χ3n) is 3.30. The van der Waals surface area contributed by atoms with Gasteiger partial charge in [0.15, 0.2) is 0 Å². The van der Waals surface area contributed by atoms with Gasteiger partial charge in [-0.3, -0.25) is 9.59 Å². The summed E-state index contributed by atoms with van der Waals surface area (Å²) in [6.07, 6.45) is 0. The summed E-state index contributed by atoms with van der Waals surface area (Å²) in [7, 11) is 0. The van der Waals surface area contributed by atoms with E-state index in [1.165, 1.54) is 17.8 Å². The summed E-state index contributed by atoms with van der Waals surface area (Å²) in [6.45, 7) is 12.8.